The van der Waals surface area contributed by atoms with Gasteiger partial charge in [-0.15, -0.1) is 5.10 Å². The van der Waals surface area contributed by atoms with Gasteiger partial charge in [0, 0.05) is 11.6 Å². The Morgan fingerprint density at radius 3 is 2.79 bits per heavy atom. The Morgan fingerprint density at radius 1 is 1.37 bits per heavy atom. The summed E-state index contributed by atoms with van der Waals surface area (Å²) < 4.78 is 1.74. The molecule has 0 saturated heterocycles. The van der Waals surface area contributed by atoms with Crippen molar-refractivity contribution in [1.29, 1.82) is 0 Å². The van der Waals surface area contributed by atoms with Crippen molar-refractivity contribution < 1.29 is 0 Å². The summed E-state index contributed by atoms with van der Waals surface area (Å²) in [7, 11) is 0. The molecule has 0 aliphatic rings. The molecule has 0 aliphatic carbocycles. The van der Waals surface area contributed by atoms with Crippen LogP contribution in [-0.2, 0) is 6.54 Å². The molecule has 7 heteroatoms. The van der Waals surface area contributed by atoms with E-state index in [2.05, 4.69) is 20.7 Å². The zero-order chi connectivity index (χ0) is 13.7. The number of halogens is 1. The predicted molar refractivity (Wildman–Crippen MR) is 80.5 cm³/mol. The van der Waals surface area contributed by atoms with E-state index in [9.17, 15) is 0 Å². The van der Waals surface area contributed by atoms with E-state index < -0.39 is 0 Å². The molecule has 1 heterocycles. The normalized spacial score (nSPS) is 10.2. The molecule has 0 fully saturated rings. The van der Waals surface area contributed by atoms with Crippen molar-refractivity contribution in [3.8, 4) is 0 Å². The third-order valence-corrected chi connectivity index (χ3v) is 2.86. The van der Waals surface area contributed by atoms with Crippen LogP contribution in [0.3, 0.4) is 0 Å². The van der Waals surface area contributed by atoms with Crippen LogP contribution in [-0.4, -0.2) is 26.4 Å². The van der Waals surface area contributed by atoms with Crippen LogP contribution >= 0.6 is 23.8 Å². The van der Waals surface area contributed by atoms with Gasteiger partial charge in [-0.2, -0.15) is 0 Å². The third-order valence-electron chi connectivity index (χ3n) is 2.36. The Morgan fingerprint density at radius 2 is 2.11 bits per heavy atom. The van der Waals surface area contributed by atoms with Gasteiger partial charge in [0.2, 0.25) is 5.95 Å². The number of aromatic nitrogens is 3. The van der Waals surface area contributed by atoms with Crippen LogP contribution in [0, 0.1) is 0 Å². The monoisotopic (exact) mass is 295 g/mol. The molecule has 0 bridgehead atoms. The Bertz CT molecular complexity index is 552. The van der Waals surface area contributed by atoms with Gasteiger partial charge in [0.05, 0.1) is 6.54 Å². The molecule has 1 aromatic heterocycles. The summed E-state index contributed by atoms with van der Waals surface area (Å²) in [5.41, 5.74) is 1.11. The maximum Gasteiger partial charge on any atom is 0.248 e. The molecule has 0 radical (unpaired) electrons. The number of anilines is 1. The van der Waals surface area contributed by atoms with E-state index in [4.69, 9.17) is 23.8 Å². The number of nitrogens with one attached hydrogen (secondary N) is 2. The Hall–Kier alpha value is -1.66. The SMILES string of the molecule is CCNC(=S)Nc1ncn(Cc2ccc(Cl)cc2)n1. The van der Waals surface area contributed by atoms with Gasteiger partial charge in [0.15, 0.2) is 5.11 Å². The first kappa shape index (κ1) is 13.8. The van der Waals surface area contributed by atoms with Gasteiger partial charge in [-0.3, -0.25) is 5.32 Å². The average Bonchev–Trinajstić information content (AvgIpc) is 2.80. The maximum absolute atomic E-state index is 5.84. The highest BCUT2D eigenvalue weighted by atomic mass is 35.5. The molecule has 0 unspecified atom stereocenters. The van der Waals surface area contributed by atoms with Crippen molar-refractivity contribution >= 4 is 34.9 Å². The van der Waals surface area contributed by atoms with Gasteiger partial charge < -0.3 is 5.32 Å². The number of hydrogen-bond acceptors (Lipinski definition) is 3. The minimum atomic E-state index is 0.486. The fraction of sp³-hybridized carbons (Fsp3) is 0.250. The van der Waals surface area contributed by atoms with Crippen LogP contribution in [0.15, 0.2) is 30.6 Å². The number of nitrogens with zero attached hydrogens (tertiary/aromatic N) is 3. The molecule has 100 valence electrons. The number of rotatable bonds is 4. The van der Waals surface area contributed by atoms with Gasteiger partial charge in [-0.25, -0.2) is 9.67 Å². The highest BCUT2D eigenvalue weighted by Crippen LogP contribution is 2.10. The van der Waals surface area contributed by atoms with Crippen molar-refractivity contribution in [3.05, 3.63) is 41.2 Å². The first-order valence-electron chi connectivity index (χ1n) is 5.86. The van der Waals surface area contributed by atoms with E-state index >= 15 is 0 Å². The van der Waals surface area contributed by atoms with Crippen molar-refractivity contribution in [2.24, 2.45) is 0 Å². The van der Waals surface area contributed by atoms with Crippen LogP contribution in [0.2, 0.25) is 5.02 Å². The molecule has 0 amide bonds. The Kier molecular flexibility index (Phi) is 4.70. The fourth-order valence-corrected chi connectivity index (χ4v) is 1.87. The van der Waals surface area contributed by atoms with E-state index in [1.165, 1.54) is 0 Å². The van der Waals surface area contributed by atoms with Crippen molar-refractivity contribution in [1.82, 2.24) is 20.1 Å². The molecule has 0 atom stereocenters. The van der Waals surface area contributed by atoms with Gasteiger partial charge in [-0.1, -0.05) is 23.7 Å². The molecule has 0 aliphatic heterocycles. The third kappa shape index (κ3) is 4.18. The van der Waals surface area contributed by atoms with Gasteiger partial charge in [-0.05, 0) is 36.8 Å². The summed E-state index contributed by atoms with van der Waals surface area (Å²) in [5, 5.41) is 11.4. The van der Waals surface area contributed by atoms with E-state index in [-0.39, 0.29) is 0 Å². The second-order valence-electron chi connectivity index (χ2n) is 3.88. The molecule has 19 heavy (non-hydrogen) atoms. The highest BCUT2D eigenvalue weighted by molar-refractivity contribution is 7.80. The lowest BCUT2D eigenvalue weighted by molar-refractivity contribution is 0.687. The predicted octanol–water partition coefficient (Wildman–Crippen LogP) is 2.29. The minimum absolute atomic E-state index is 0.486. The van der Waals surface area contributed by atoms with Crippen LogP contribution in [0.5, 0.6) is 0 Å². The first-order chi connectivity index (χ1) is 9.17. The zero-order valence-electron chi connectivity index (χ0n) is 10.4. The molecule has 2 N–H and O–H groups in total. The van der Waals surface area contributed by atoms with E-state index in [1.54, 1.807) is 11.0 Å². The minimum Gasteiger partial charge on any atom is -0.363 e. The second-order valence-corrected chi connectivity index (χ2v) is 4.72. The summed E-state index contributed by atoms with van der Waals surface area (Å²) in [6.45, 7) is 3.37. The summed E-state index contributed by atoms with van der Waals surface area (Å²) >= 11 is 10.9. The lowest BCUT2D eigenvalue weighted by Gasteiger charge is -2.04. The average molecular weight is 296 g/mol. The van der Waals surface area contributed by atoms with Crippen LogP contribution in [0.1, 0.15) is 12.5 Å². The molecule has 2 aromatic rings. The molecule has 0 spiro atoms. The second kappa shape index (κ2) is 6.49. The lowest BCUT2D eigenvalue weighted by atomic mass is 10.2. The molecule has 1 aromatic carbocycles. The van der Waals surface area contributed by atoms with Crippen molar-refractivity contribution in [3.63, 3.8) is 0 Å². The highest BCUT2D eigenvalue weighted by Gasteiger charge is 2.03. The van der Waals surface area contributed by atoms with Crippen LogP contribution < -0.4 is 10.6 Å². The van der Waals surface area contributed by atoms with E-state index in [0.29, 0.717) is 17.6 Å². The topological polar surface area (TPSA) is 54.8 Å². The molecule has 0 saturated carbocycles. The first-order valence-corrected chi connectivity index (χ1v) is 6.64. The van der Waals surface area contributed by atoms with Gasteiger partial charge in [0.25, 0.3) is 0 Å². The van der Waals surface area contributed by atoms with Crippen LogP contribution in [0.4, 0.5) is 5.95 Å². The van der Waals surface area contributed by atoms with Crippen molar-refractivity contribution in [2.45, 2.75) is 13.5 Å². The molecular weight excluding hydrogens is 282 g/mol. The number of hydrogen-bond donors (Lipinski definition) is 2. The number of thiocarbonyl (C=S) groups is 1. The van der Waals surface area contributed by atoms with Gasteiger partial charge >= 0.3 is 0 Å². The largest absolute Gasteiger partial charge is 0.363 e. The molecule has 2 rings (SSSR count). The van der Waals surface area contributed by atoms with Crippen LogP contribution in [0.25, 0.3) is 0 Å². The zero-order valence-corrected chi connectivity index (χ0v) is 12.0. The fourth-order valence-electron chi connectivity index (χ4n) is 1.51. The summed E-state index contributed by atoms with van der Waals surface area (Å²) in [6.07, 6.45) is 1.66. The number of benzene rings is 1. The van der Waals surface area contributed by atoms with Gasteiger partial charge in [0.1, 0.15) is 6.33 Å². The Labute approximate surface area is 122 Å². The lowest BCUT2D eigenvalue weighted by Crippen LogP contribution is -2.28. The summed E-state index contributed by atoms with van der Waals surface area (Å²) in [5.74, 6) is 0.486. The van der Waals surface area contributed by atoms with E-state index in [1.807, 2.05) is 31.2 Å². The summed E-state index contributed by atoms with van der Waals surface area (Å²) in [6, 6.07) is 7.63. The van der Waals surface area contributed by atoms with E-state index in [0.717, 1.165) is 17.1 Å². The smallest absolute Gasteiger partial charge is 0.248 e. The molecule has 5 nitrogen and oxygen atoms in total. The maximum atomic E-state index is 5.84. The quantitative estimate of drug-likeness (QED) is 0.848. The molecular formula is C12H14ClN5S. The standard InChI is InChI=1S/C12H14ClN5S/c1-2-14-12(19)16-11-15-8-18(17-11)7-9-3-5-10(13)6-4-9/h3-6,8H,2,7H2,1H3,(H2,14,16,17,19). The Balaban J connectivity index is 1.97. The van der Waals surface area contributed by atoms with Crippen molar-refractivity contribution in [2.75, 3.05) is 11.9 Å². The summed E-state index contributed by atoms with van der Waals surface area (Å²) in [4.78, 5) is 4.14.